The average molecular weight is 289 g/mol. The summed E-state index contributed by atoms with van der Waals surface area (Å²) < 4.78 is 37.7. The number of halogens is 3. The second-order valence-electron chi connectivity index (χ2n) is 5.15. The molecule has 4 heteroatoms. The monoisotopic (exact) mass is 289 g/mol. The van der Waals surface area contributed by atoms with Gasteiger partial charge in [-0.3, -0.25) is 0 Å². The lowest BCUT2D eigenvalue weighted by molar-refractivity contribution is -0.137. The summed E-state index contributed by atoms with van der Waals surface area (Å²) in [6, 6.07) is 13.3. The maximum atomic E-state index is 12.6. The molecule has 0 spiro atoms. The van der Waals surface area contributed by atoms with Crippen LogP contribution in [0.2, 0.25) is 0 Å². The number of nitrogens with one attached hydrogen (secondary N) is 1. The highest BCUT2D eigenvalue weighted by Crippen LogP contribution is 2.30. The van der Waals surface area contributed by atoms with E-state index in [2.05, 4.69) is 4.98 Å². The fourth-order valence-electron chi connectivity index (χ4n) is 2.58. The molecule has 0 amide bonds. The second-order valence-corrected chi connectivity index (χ2v) is 5.15. The first kappa shape index (κ1) is 13.7. The molecule has 0 aliphatic carbocycles. The van der Waals surface area contributed by atoms with E-state index in [4.69, 9.17) is 0 Å². The number of alkyl halides is 3. The van der Waals surface area contributed by atoms with Crippen LogP contribution in [0, 0.1) is 6.92 Å². The molecule has 1 aromatic heterocycles. The molecule has 0 unspecified atom stereocenters. The van der Waals surface area contributed by atoms with E-state index in [0.717, 1.165) is 39.9 Å². The molecule has 0 fully saturated rings. The Balaban J connectivity index is 1.94. The maximum absolute atomic E-state index is 12.6. The van der Waals surface area contributed by atoms with Gasteiger partial charge in [0.15, 0.2) is 0 Å². The number of hydrogen-bond acceptors (Lipinski definition) is 0. The Bertz CT molecular complexity index is 767. The van der Waals surface area contributed by atoms with Gasteiger partial charge >= 0.3 is 6.18 Å². The summed E-state index contributed by atoms with van der Waals surface area (Å²) in [4.78, 5) is 3.30. The Morgan fingerprint density at radius 1 is 0.952 bits per heavy atom. The number of rotatable bonds is 2. The predicted octanol–water partition coefficient (Wildman–Crippen LogP) is 5.09. The van der Waals surface area contributed by atoms with Crippen LogP contribution >= 0.6 is 0 Å². The zero-order chi connectivity index (χ0) is 15.0. The van der Waals surface area contributed by atoms with Gasteiger partial charge in [-0.25, -0.2) is 0 Å². The molecule has 1 N–H and O–H groups in total. The Hall–Kier alpha value is -2.23. The van der Waals surface area contributed by atoms with Crippen molar-refractivity contribution in [1.29, 1.82) is 0 Å². The summed E-state index contributed by atoms with van der Waals surface area (Å²) in [6.45, 7) is 1.99. The van der Waals surface area contributed by atoms with Crippen molar-refractivity contribution in [1.82, 2.24) is 4.98 Å². The first-order valence-corrected chi connectivity index (χ1v) is 6.67. The molecule has 108 valence electrons. The summed E-state index contributed by atoms with van der Waals surface area (Å²) in [5.41, 5.74) is 3.50. The van der Waals surface area contributed by atoms with Gasteiger partial charge in [0.1, 0.15) is 0 Å². The lowest BCUT2D eigenvalue weighted by atomic mass is 10.0. The standard InChI is InChI=1S/C17H14F3N/c1-11-15(14-4-2-3-5-16(14)21-11)10-12-6-8-13(9-7-12)17(18,19)20/h2-9,21H,10H2,1H3. The van der Waals surface area contributed by atoms with Gasteiger partial charge in [-0.05, 0) is 42.7 Å². The van der Waals surface area contributed by atoms with Gasteiger partial charge in [0.05, 0.1) is 5.56 Å². The predicted molar refractivity (Wildman–Crippen MR) is 77.3 cm³/mol. The lowest BCUT2D eigenvalue weighted by Crippen LogP contribution is -2.04. The van der Waals surface area contributed by atoms with Gasteiger partial charge in [0.25, 0.3) is 0 Å². The Labute approximate surface area is 120 Å². The van der Waals surface area contributed by atoms with E-state index in [0.29, 0.717) is 6.42 Å². The van der Waals surface area contributed by atoms with Crippen molar-refractivity contribution >= 4 is 10.9 Å². The fourth-order valence-corrected chi connectivity index (χ4v) is 2.58. The highest BCUT2D eigenvalue weighted by atomic mass is 19.4. The van der Waals surface area contributed by atoms with Crippen LogP contribution in [0.5, 0.6) is 0 Å². The summed E-state index contributed by atoms with van der Waals surface area (Å²) in [5.74, 6) is 0. The van der Waals surface area contributed by atoms with E-state index >= 15 is 0 Å². The van der Waals surface area contributed by atoms with E-state index in [1.54, 1.807) is 12.1 Å². The SMILES string of the molecule is Cc1[nH]c2ccccc2c1Cc1ccc(C(F)(F)F)cc1. The number of H-pyrrole nitrogens is 1. The van der Waals surface area contributed by atoms with Crippen molar-refractivity contribution in [2.24, 2.45) is 0 Å². The Kier molecular flexibility index (Phi) is 3.24. The first-order valence-electron chi connectivity index (χ1n) is 6.67. The molecule has 0 radical (unpaired) electrons. The number of aromatic nitrogens is 1. The Morgan fingerprint density at radius 2 is 1.62 bits per heavy atom. The lowest BCUT2D eigenvalue weighted by Gasteiger charge is -2.08. The van der Waals surface area contributed by atoms with E-state index in [-0.39, 0.29) is 0 Å². The van der Waals surface area contributed by atoms with Gasteiger partial charge in [-0.1, -0.05) is 30.3 Å². The van der Waals surface area contributed by atoms with E-state index in [1.807, 2.05) is 31.2 Å². The molecule has 0 bridgehead atoms. The molecule has 0 saturated heterocycles. The van der Waals surface area contributed by atoms with Crippen molar-refractivity contribution in [2.75, 3.05) is 0 Å². The van der Waals surface area contributed by atoms with Crippen LogP contribution in [0.4, 0.5) is 13.2 Å². The minimum atomic E-state index is -4.28. The molecule has 1 heterocycles. The third kappa shape index (κ3) is 2.66. The average Bonchev–Trinajstić information content (AvgIpc) is 2.75. The van der Waals surface area contributed by atoms with Crippen LogP contribution in [0.3, 0.4) is 0 Å². The Morgan fingerprint density at radius 3 is 2.29 bits per heavy atom. The van der Waals surface area contributed by atoms with Crippen LogP contribution < -0.4 is 0 Å². The summed E-state index contributed by atoms with van der Waals surface area (Å²) in [5, 5.41) is 1.12. The highest BCUT2D eigenvalue weighted by molar-refractivity contribution is 5.84. The number of aromatic amines is 1. The van der Waals surface area contributed by atoms with Gasteiger partial charge in [-0.2, -0.15) is 13.2 Å². The number of aryl methyl sites for hydroxylation is 1. The molecule has 1 nitrogen and oxygen atoms in total. The van der Waals surface area contributed by atoms with Crippen molar-refractivity contribution in [3.63, 3.8) is 0 Å². The van der Waals surface area contributed by atoms with E-state index < -0.39 is 11.7 Å². The van der Waals surface area contributed by atoms with Crippen molar-refractivity contribution in [2.45, 2.75) is 19.5 Å². The zero-order valence-corrected chi connectivity index (χ0v) is 11.5. The van der Waals surface area contributed by atoms with Gasteiger partial charge in [0.2, 0.25) is 0 Å². The zero-order valence-electron chi connectivity index (χ0n) is 11.5. The minimum absolute atomic E-state index is 0.609. The largest absolute Gasteiger partial charge is 0.416 e. The van der Waals surface area contributed by atoms with Crippen molar-refractivity contribution in [3.05, 3.63) is 70.9 Å². The third-order valence-corrected chi connectivity index (χ3v) is 3.69. The molecular formula is C17H14F3N. The summed E-state index contributed by atoms with van der Waals surface area (Å²) in [6.07, 6.45) is -3.66. The quantitative estimate of drug-likeness (QED) is 0.676. The molecule has 0 saturated carbocycles. The first-order chi connectivity index (χ1) is 9.95. The molecule has 0 atom stereocenters. The minimum Gasteiger partial charge on any atom is -0.358 e. The molecule has 3 rings (SSSR count). The molecular weight excluding hydrogens is 275 g/mol. The number of fused-ring (bicyclic) bond motifs is 1. The molecule has 0 aliphatic rings. The van der Waals surface area contributed by atoms with Crippen molar-refractivity contribution in [3.8, 4) is 0 Å². The number of benzene rings is 2. The van der Waals surface area contributed by atoms with E-state index in [9.17, 15) is 13.2 Å². The number of hydrogen-bond donors (Lipinski definition) is 1. The van der Waals surface area contributed by atoms with Crippen LogP contribution in [0.25, 0.3) is 10.9 Å². The molecule has 2 aromatic carbocycles. The topological polar surface area (TPSA) is 15.8 Å². The number of para-hydroxylation sites is 1. The van der Waals surface area contributed by atoms with Gasteiger partial charge in [-0.15, -0.1) is 0 Å². The second kappa shape index (κ2) is 4.95. The fraction of sp³-hybridized carbons (Fsp3) is 0.176. The smallest absolute Gasteiger partial charge is 0.358 e. The normalized spacial score (nSPS) is 12.0. The summed E-state index contributed by atoms with van der Waals surface area (Å²) in [7, 11) is 0. The molecule has 3 aromatic rings. The molecule has 21 heavy (non-hydrogen) atoms. The molecule has 0 aliphatic heterocycles. The van der Waals surface area contributed by atoms with Crippen LogP contribution in [-0.2, 0) is 12.6 Å². The van der Waals surface area contributed by atoms with Gasteiger partial charge < -0.3 is 4.98 Å². The van der Waals surface area contributed by atoms with Crippen molar-refractivity contribution < 1.29 is 13.2 Å². The van der Waals surface area contributed by atoms with Crippen LogP contribution in [-0.4, -0.2) is 4.98 Å². The van der Waals surface area contributed by atoms with Gasteiger partial charge in [0, 0.05) is 16.6 Å². The van der Waals surface area contributed by atoms with E-state index in [1.165, 1.54) is 0 Å². The maximum Gasteiger partial charge on any atom is 0.416 e. The third-order valence-electron chi connectivity index (χ3n) is 3.69. The van der Waals surface area contributed by atoms with Crippen LogP contribution in [0.15, 0.2) is 48.5 Å². The van der Waals surface area contributed by atoms with Crippen LogP contribution in [0.1, 0.15) is 22.4 Å². The highest BCUT2D eigenvalue weighted by Gasteiger charge is 2.29. The summed E-state index contributed by atoms with van der Waals surface area (Å²) >= 11 is 0.